The Morgan fingerprint density at radius 2 is 1.68 bits per heavy atom. The molecule has 4 heterocycles. The predicted molar refractivity (Wildman–Crippen MR) is 230 cm³/mol. The number of carbonyl (C=O) groups excluding carboxylic acids is 4. The Bertz CT molecular complexity index is 2510. The van der Waals surface area contributed by atoms with Crippen LogP contribution >= 0.6 is 11.3 Å². The van der Waals surface area contributed by atoms with Crippen molar-refractivity contribution >= 4 is 83.0 Å². The van der Waals surface area contributed by atoms with E-state index in [-0.39, 0.29) is 42.0 Å². The molecule has 4 amide bonds. The average molecular weight is 839 g/mol. The molecule has 1 unspecified atom stereocenters. The Morgan fingerprint density at radius 1 is 0.915 bits per heavy atom. The summed E-state index contributed by atoms with van der Waals surface area (Å²) in [4.78, 5) is 60.5. The van der Waals surface area contributed by atoms with Crippen LogP contribution in [0.5, 0.6) is 5.75 Å². The first-order chi connectivity index (χ1) is 28.3. The van der Waals surface area contributed by atoms with Gasteiger partial charge in [0.05, 0.1) is 32.6 Å². The van der Waals surface area contributed by atoms with Gasteiger partial charge in [0.15, 0.2) is 9.84 Å². The Labute approximate surface area is 348 Å². The number of piperidine rings is 1. The zero-order valence-corrected chi connectivity index (χ0v) is 35.3. The Kier molecular flexibility index (Phi) is 12.6. The third-order valence-corrected chi connectivity index (χ3v) is 14.2. The van der Waals surface area contributed by atoms with E-state index in [1.807, 2.05) is 29.8 Å². The van der Waals surface area contributed by atoms with E-state index in [0.717, 1.165) is 73.0 Å². The van der Waals surface area contributed by atoms with Crippen LogP contribution in [0.4, 0.5) is 17.1 Å². The van der Waals surface area contributed by atoms with Crippen molar-refractivity contribution in [1.82, 2.24) is 20.2 Å². The van der Waals surface area contributed by atoms with Gasteiger partial charge in [-0.15, -0.1) is 11.3 Å². The molecule has 1 fully saturated rings. The van der Waals surface area contributed by atoms with E-state index in [0.29, 0.717) is 46.5 Å². The van der Waals surface area contributed by atoms with Gasteiger partial charge in [-0.2, -0.15) is 0 Å². The predicted octanol–water partition coefficient (Wildman–Crippen LogP) is 8.45. The van der Waals surface area contributed by atoms with Gasteiger partial charge in [-0.05, 0) is 82.5 Å². The SMILES string of the molecule is CC(C)(C)S(=O)(=O)c1cc2c(Nc3ccc4scnc4c3)ccnc2cc1OCCCCCCCCCCC(=O)Nc1cccc2c1CN(C1CCC(=O)NC1=O)C2=O. The van der Waals surface area contributed by atoms with Gasteiger partial charge >= 0.3 is 0 Å². The molecule has 3 N–H and O–H groups in total. The number of carbonyl (C=O) groups is 4. The van der Waals surface area contributed by atoms with E-state index in [4.69, 9.17) is 4.74 Å². The highest BCUT2D eigenvalue weighted by atomic mass is 32.2. The lowest BCUT2D eigenvalue weighted by Crippen LogP contribution is -2.52. The number of hydrogen-bond acceptors (Lipinski definition) is 11. The molecule has 1 saturated heterocycles. The number of fused-ring (bicyclic) bond motifs is 3. The second-order valence-corrected chi connectivity index (χ2v) is 19.7. The summed E-state index contributed by atoms with van der Waals surface area (Å²) in [6.45, 7) is 5.66. The van der Waals surface area contributed by atoms with Crippen LogP contribution in [0.3, 0.4) is 0 Å². The first-order valence-electron chi connectivity index (χ1n) is 20.3. The standard InChI is InChI=1S/C44H50N6O7S2/c1-44(2,3)59(55,56)39-24-30-33(47-28-16-18-38-35(23-28)46-27-58-38)20-21-45-34(30)25-37(39)57-22-11-9-7-5-4-6-8-10-15-40(51)48-32-14-12-13-29-31(32)26-50(43(29)54)36-17-19-41(52)49-42(36)53/h12-14,16,18,20-21,23-25,27,36H,4-11,15,17,19,22,26H2,1-3H3,(H,45,47)(H,48,51)(H,49,52,53). The van der Waals surface area contributed by atoms with Crippen molar-refractivity contribution in [3.05, 3.63) is 77.4 Å². The van der Waals surface area contributed by atoms with E-state index in [1.165, 1.54) is 4.90 Å². The highest BCUT2D eigenvalue weighted by Gasteiger charge is 2.40. The number of ether oxygens (including phenoxy) is 1. The van der Waals surface area contributed by atoms with Gasteiger partial charge in [0.25, 0.3) is 5.91 Å². The number of aromatic nitrogens is 2. The fourth-order valence-corrected chi connectivity index (χ4v) is 9.53. The van der Waals surface area contributed by atoms with Crippen LogP contribution in [0, 0.1) is 0 Å². The molecule has 0 aliphatic carbocycles. The summed E-state index contributed by atoms with van der Waals surface area (Å²) in [5.74, 6) is -0.880. The lowest BCUT2D eigenvalue weighted by atomic mass is 10.0. The molecule has 2 aromatic heterocycles. The monoisotopic (exact) mass is 838 g/mol. The minimum absolute atomic E-state index is 0.118. The first-order valence-corrected chi connectivity index (χ1v) is 22.6. The maximum absolute atomic E-state index is 13.9. The summed E-state index contributed by atoms with van der Waals surface area (Å²) in [5.41, 5.74) is 6.64. The number of nitrogens with zero attached hydrogens (tertiary/aromatic N) is 3. The second kappa shape index (κ2) is 17.8. The molecule has 0 radical (unpaired) electrons. The molecule has 13 nitrogen and oxygen atoms in total. The smallest absolute Gasteiger partial charge is 0.255 e. The number of benzene rings is 3. The summed E-state index contributed by atoms with van der Waals surface area (Å²) in [6, 6.07) is 15.7. The number of rotatable bonds is 17. The molecule has 310 valence electrons. The van der Waals surface area contributed by atoms with Gasteiger partial charge in [-0.1, -0.05) is 44.6 Å². The third kappa shape index (κ3) is 9.41. The minimum Gasteiger partial charge on any atom is -0.492 e. The Morgan fingerprint density at radius 3 is 2.44 bits per heavy atom. The molecule has 0 bridgehead atoms. The molecule has 0 spiro atoms. The van der Waals surface area contributed by atoms with Crippen LogP contribution < -0.4 is 20.7 Å². The maximum Gasteiger partial charge on any atom is 0.255 e. The molecule has 2 aliphatic rings. The van der Waals surface area contributed by atoms with Gasteiger partial charge < -0.3 is 20.3 Å². The molecular formula is C44H50N6O7S2. The number of thiazole rings is 1. The summed E-state index contributed by atoms with van der Waals surface area (Å²) in [7, 11) is -3.76. The molecular weight excluding hydrogens is 789 g/mol. The molecule has 1 atom stereocenters. The molecule has 0 saturated carbocycles. The largest absolute Gasteiger partial charge is 0.492 e. The summed E-state index contributed by atoms with van der Waals surface area (Å²) < 4.78 is 33.9. The number of hydrogen-bond donors (Lipinski definition) is 3. The molecule has 15 heteroatoms. The number of sulfone groups is 1. The fraction of sp³-hybridized carbons (Fsp3) is 0.409. The maximum atomic E-state index is 13.9. The van der Waals surface area contributed by atoms with E-state index in [2.05, 4.69) is 25.9 Å². The second-order valence-electron chi connectivity index (χ2n) is 16.2. The zero-order valence-electron chi connectivity index (χ0n) is 33.6. The summed E-state index contributed by atoms with van der Waals surface area (Å²) in [6.07, 6.45) is 10.0. The summed E-state index contributed by atoms with van der Waals surface area (Å²) >= 11 is 1.57. The van der Waals surface area contributed by atoms with E-state index < -0.39 is 26.5 Å². The van der Waals surface area contributed by atoms with Crippen LogP contribution in [0.2, 0.25) is 0 Å². The van der Waals surface area contributed by atoms with Crippen molar-refractivity contribution in [1.29, 1.82) is 0 Å². The van der Waals surface area contributed by atoms with Gasteiger partial charge in [0.1, 0.15) is 16.7 Å². The van der Waals surface area contributed by atoms with Crippen molar-refractivity contribution in [2.75, 3.05) is 17.2 Å². The molecule has 59 heavy (non-hydrogen) atoms. The number of amides is 4. The average Bonchev–Trinajstić information content (AvgIpc) is 3.80. The topological polar surface area (TPSA) is 177 Å². The molecule has 7 rings (SSSR count). The van der Waals surface area contributed by atoms with Crippen LogP contribution in [0.25, 0.3) is 21.1 Å². The van der Waals surface area contributed by atoms with Crippen LogP contribution in [0.15, 0.2) is 71.2 Å². The lowest BCUT2D eigenvalue weighted by molar-refractivity contribution is -0.137. The minimum atomic E-state index is -3.76. The van der Waals surface area contributed by atoms with Crippen molar-refractivity contribution < 1.29 is 32.3 Å². The third-order valence-electron chi connectivity index (χ3n) is 10.9. The van der Waals surface area contributed by atoms with E-state index in [1.54, 1.807) is 68.6 Å². The van der Waals surface area contributed by atoms with Crippen LogP contribution in [-0.2, 0) is 30.8 Å². The normalized spacial score (nSPS) is 15.7. The van der Waals surface area contributed by atoms with Crippen molar-refractivity contribution in [3.63, 3.8) is 0 Å². The van der Waals surface area contributed by atoms with Gasteiger partial charge in [-0.3, -0.25) is 29.5 Å². The van der Waals surface area contributed by atoms with Crippen LogP contribution in [0.1, 0.15) is 107 Å². The van der Waals surface area contributed by atoms with E-state index >= 15 is 0 Å². The summed E-state index contributed by atoms with van der Waals surface area (Å²) in [5, 5.41) is 9.39. The number of nitrogens with one attached hydrogen (secondary N) is 3. The van der Waals surface area contributed by atoms with Crippen molar-refractivity contribution in [2.45, 2.75) is 114 Å². The number of pyridine rings is 1. The Balaban J connectivity index is 0.842. The Hall–Kier alpha value is -5.41. The lowest BCUT2D eigenvalue weighted by Gasteiger charge is -2.29. The van der Waals surface area contributed by atoms with Gasteiger partial charge in [-0.25, -0.2) is 13.4 Å². The fourth-order valence-electron chi connectivity index (χ4n) is 7.55. The quantitative estimate of drug-likeness (QED) is 0.0608. The van der Waals surface area contributed by atoms with Gasteiger partial charge in [0, 0.05) is 65.2 Å². The zero-order chi connectivity index (χ0) is 41.7. The molecule has 5 aromatic rings. The van der Waals surface area contributed by atoms with Crippen molar-refractivity contribution in [3.8, 4) is 5.75 Å². The number of anilines is 3. The number of imide groups is 1. The molecule has 3 aromatic carbocycles. The van der Waals surface area contributed by atoms with Crippen LogP contribution in [-0.4, -0.2) is 64.3 Å². The van der Waals surface area contributed by atoms with E-state index in [9.17, 15) is 27.6 Å². The van der Waals surface area contributed by atoms with Gasteiger partial charge in [0.2, 0.25) is 17.7 Å². The first kappa shape index (κ1) is 41.7. The molecule has 2 aliphatic heterocycles. The number of unbranched alkanes of at least 4 members (excludes halogenated alkanes) is 7. The highest BCUT2D eigenvalue weighted by Crippen LogP contribution is 2.38. The highest BCUT2D eigenvalue weighted by molar-refractivity contribution is 7.92. The van der Waals surface area contributed by atoms with Crippen molar-refractivity contribution in [2.24, 2.45) is 0 Å².